The van der Waals surface area contributed by atoms with Gasteiger partial charge >= 0.3 is 8.60 Å². The molecule has 1 saturated heterocycles. The van der Waals surface area contributed by atoms with Crippen molar-refractivity contribution in [2.45, 2.75) is 51.3 Å². The first-order chi connectivity index (χ1) is 6.33. The summed E-state index contributed by atoms with van der Waals surface area (Å²) >= 11 is 0. The average molecular weight is 221 g/mol. The molecule has 2 atom stereocenters. The molecule has 0 saturated carbocycles. The average Bonchev–Trinajstić information content (AvgIpc) is 1.98. The molecule has 1 aliphatic heterocycles. The van der Waals surface area contributed by atoms with E-state index in [0.717, 1.165) is 12.8 Å². The van der Waals surface area contributed by atoms with Crippen molar-refractivity contribution in [3.8, 4) is 0 Å². The Labute approximate surface area is 86.9 Å². The van der Waals surface area contributed by atoms with E-state index in [1.807, 2.05) is 0 Å². The van der Waals surface area contributed by atoms with E-state index in [-0.39, 0.29) is 11.6 Å². The second-order valence-corrected chi connectivity index (χ2v) is 5.41. The molecule has 0 spiro atoms. The van der Waals surface area contributed by atoms with Gasteiger partial charge in [-0.2, -0.15) is 0 Å². The lowest BCUT2D eigenvalue weighted by molar-refractivity contribution is -0.0122. The number of likely N-dealkylation sites (tertiary alicyclic amines) is 1. The van der Waals surface area contributed by atoms with E-state index in [0.29, 0.717) is 6.04 Å². The summed E-state index contributed by atoms with van der Waals surface area (Å²) in [5, 5.41) is 0. The van der Waals surface area contributed by atoms with E-state index in [4.69, 9.17) is 14.3 Å². The molecule has 0 aromatic heterocycles. The maximum Gasteiger partial charge on any atom is 0.327 e. The summed E-state index contributed by atoms with van der Waals surface area (Å²) in [6.07, 6.45) is 1.67. The van der Waals surface area contributed by atoms with Crippen molar-refractivity contribution in [2.75, 3.05) is 7.05 Å². The maximum atomic E-state index is 8.81. The summed E-state index contributed by atoms with van der Waals surface area (Å²) in [5.41, 5.74) is 0.0632. The summed E-state index contributed by atoms with van der Waals surface area (Å²) in [6.45, 7) is 6.43. The monoisotopic (exact) mass is 221 g/mol. The Morgan fingerprint density at radius 2 is 2.00 bits per heavy atom. The number of hydrogen-bond donors (Lipinski definition) is 2. The van der Waals surface area contributed by atoms with Crippen LogP contribution in [-0.2, 0) is 4.52 Å². The minimum absolute atomic E-state index is 0.0303. The predicted octanol–water partition coefficient (Wildman–Crippen LogP) is 1.48. The Morgan fingerprint density at radius 3 is 2.43 bits per heavy atom. The van der Waals surface area contributed by atoms with Gasteiger partial charge < -0.3 is 14.3 Å². The van der Waals surface area contributed by atoms with E-state index in [2.05, 4.69) is 32.7 Å². The molecule has 1 heterocycles. The Bertz CT molecular complexity index is 198. The van der Waals surface area contributed by atoms with Crippen LogP contribution < -0.4 is 0 Å². The summed E-state index contributed by atoms with van der Waals surface area (Å²) in [4.78, 5) is 19.9. The number of nitrogens with zero attached hydrogens (tertiary/aromatic N) is 1. The molecule has 1 rings (SSSR count). The van der Waals surface area contributed by atoms with Gasteiger partial charge in [-0.25, -0.2) is 0 Å². The fraction of sp³-hybridized carbons (Fsp3) is 1.00. The Balaban J connectivity index is 2.59. The molecule has 0 bridgehead atoms. The standard InChI is InChI=1S/C9H20NO3P/c1-7-5-8(13-14(11)12)6-9(2,3)10(7)4/h7-8,11-12H,5-6H2,1-4H3. The number of hydrogen-bond acceptors (Lipinski definition) is 4. The van der Waals surface area contributed by atoms with Crippen LogP contribution in [-0.4, -0.2) is 39.4 Å². The minimum Gasteiger partial charge on any atom is -0.328 e. The highest BCUT2D eigenvalue weighted by atomic mass is 31.2. The van der Waals surface area contributed by atoms with Crippen LogP contribution in [0.3, 0.4) is 0 Å². The lowest BCUT2D eigenvalue weighted by atomic mass is 9.85. The molecule has 0 amide bonds. The van der Waals surface area contributed by atoms with Gasteiger partial charge in [0.05, 0.1) is 6.10 Å². The topological polar surface area (TPSA) is 52.9 Å². The zero-order valence-electron chi connectivity index (χ0n) is 9.27. The molecule has 1 aliphatic rings. The Kier molecular flexibility index (Phi) is 3.89. The maximum absolute atomic E-state index is 8.81. The van der Waals surface area contributed by atoms with Crippen molar-refractivity contribution in [1.29, 1.82) is 0 Å². The third kappa shape index (κ3) is 2.88. The normalized spacial score (nSPS) is 33.6. The first-order valence-corrected chi connectivity index (χ1v) is 6.07. The van der Waals surface area contributed by atoms with Crippen LogP contribution in [0.4, 0.5) is 0 Å². The van der Waals surface area contributed by atoms with E-state index >= 15 is 0 Å². The molecule has 0 radical (unpaired) electrons. The second kappa shape index (κ2) is 4.42. The number of rotatable bonds is 2. The summed E-state index contributed by atoms with van der Waals surface area (Å²) in [5.74, 6) is 0. The van der Waals surface area contributed by atoms with Crippen molar-refractivity contribution >= 4 is 8.60 Å². The van der Waals surface area contributed by atoms with Crippen LogP contribution in [0.2, 0.25) is 0 Å². The largest absolute Gasteiger partial charge is 0.328 e. The van der Waals surface area contributed by atoms with Crippen molar-refractivity contribution in [1.82, 2.24) is 4.90 Å². The lowest BCUT2D eigenvalue weighted by Crippen LogP contribution is -2.53. The van der Waals surface area contributed by atoms with E-state index in [1.165, 1.54) is 0 Å². The second-order valence-electron chi connectivity index (χ2n) is 4.69. The summed E-state index contributed by atoms with van der Waals surface area (Å²) in [7, 11) is -0.118. The van der Waals surface area contributed by atoms with Gasteiger partial charge in [0.2, 0.25) is 0 Å². The smallest absolute Gasteiger partial charge is 0.327 e. The number of piperidine rings is 1. The zero-order chi connectivity index (χ0) is 10.9. The van der Waals surface area contributed by atoms with Crippen LogP contribution in [0.15, 0.2) is 0 Å². The van der Waals surface area contributed by atoms with Crippen molar-refractivity contribution in [2.24, 2.45) is 0 Å². The molecule has 0 aromatic carbocycles. The zero-order valence-corrected chi connectivity index (χ0v) is 10.2. The van der Waals surface area contributed by atoms with E-state index in [1.54, 1.807) is 0 Å². The van der Waals surface area contributed by atoms with Gasteiger partial charge in [0, 0.05) is 11.6 Å². The van der Waals surface area contributed by atoms with Crippen molar-refractivity contribution in [3.63, 3.8) is 0 Å². The summed E-state index contributed by atoms with van der Waals surface area (Å²) < 4.78 is 5.09. The summed E-state index contributed by atoms with van der Waals surface area (Å²) in [6, 6.07) is 0.415. The highest BCUT2D eigenvalue weighted by molar-refractivity contribution is 7.39. The molecular formula is C9H20NO3P. The van der Waals surface area contributed by atoms with Gasteiger partial charge in [-0.05, 0) is 40.7 Å². The van der Waals surface area contributed by atoms with Crippen LogP contribution >= 0.6 is 8.60 Å². The third-order valence-corrected chi connectivity index (χ3v) is 3.68. The SMILES string of the molecule is CC1CC(OP(O)O)CC(C)(C)N1C. The highest BCUT2D eigenvalue weighted by Gasteiger charge is 2.37. The minimum atomic E-state index is -2.22. The molecule has 0 aromatic rings. The molecular weight excluding hydrogens is 201 g/mol. The predicted molar refractivity (Wildman–Crippen MR) is 56.8 cm³/mol. The molecule has 4 nitrogen and oxygen atoms in total. The van der Waals surface area contributed by atoms with Gasteiger partial charge in [0.1, 0.15) is 0 Å². The van der Waals surface area contributed by atoms with Crippen LogP contribution in [0.25, 0.3) is 0 Å². The molecule has 1 fully saturated rings. The highest BCUT2D eigenvalue weighted by Crippen LogP contribution is 2.37. The first kappa shape index (κ1) is 12.3. The van der Waals surface area contributed by atoms with Crippen LogP contribution in [0.1, 0.15) is 33.6 Å². The Morgan fingerprint density at radius 1 is 1.43 bits per heavy atom. The van der Waals surface area contributed by atoms with Crippen LogP contribution in [0.5, 0.6) is 0 Å². The lowest BCUT2D eigenvalue weighted by Gasteiger charge is -2.47. The van der Waals surface area contributed by atoms with Gasteiger partial charge in [-0.1, -0.05) is 0 Å². The van der Waals surface area contributed by atoms with E-state index in [9.17, 15) is 0 Å². The molecule has 14 heavy (non-hydrogen) atoms. The van der Waals surface area contributed by atoms with Gasteiger partial charge in [-0.15, -0.1) is 0 Å². The van der Waals surface area contributed by atoms with E-state index < -0.39 is 8.60 Å². The van der Waals surface area contributed by atoms with Gasteiger partial charge in [-0.3, -0.25) is 4.90 Å². The fourth-order valence-electron chi connectivity index (χ4n) is 2.13. The van der Waals surface area contributed by atoms with Gasteiger partial charge in [0.25, 0.3) is 0 Å². The Hall–Kier alpha value is 0.270. The quantitative estimate of drug-likeness (QED) is 0.693. The first-order valence-electron chi connectivity index (χ1n) is 4.90. The third-order valence-electron chi connectivity index (χ3n) is 3.19. The fourth-order valence-corrected chi connectivity index (χ4v) is 2.56. The molecule has 84 valence electrons. The van der Waals surface area contributed by atoms with Crippen molar-refractivity contribution in [3.05, 3.63) is 0 Å². The molecule has 0 aliphatic carbocycles. The molecule has 5 heteroatoms. The van der Waals surface area contributed by atoms with Crippen molar-refractivity contribution < 1.29 is 14.3 Å². The molecule has 2 unspecified atom stereocenters. The van der Waals surface area contributed by atoms with Gasteiger partial charge in [0.15, 0.2) is 0 Å². The molecule has 2 N–H and O–H groups in total. The van der Waals surface area contributed by atoms with Crippen LogP contribution in [0, 0.1) is 0 Å².